The fraction of sp³-hybridized carbons (Fsp3) is 0.859. The molecular weight excluding hydrogens is 1270 g/mol. The van der Waals surface area contributed by atoms with E-state index >= 15 is 0 Å². The summed E-state index contributed by atoms with van der Waals surface area (Å²) < 4.78 is 74.9. The van der Waals surface area contributed by atoms with E-state index in [1.807, 2.05) is 13.8 Å². The van der Waals surface area contributed by atoms with E-state index < -0.39 is 96.6 Å². The minimum atomic E-state index is -2.61. The van der Waals surface area contributed by atoms with Crippen molar-refractivity contribution in [2.24, 2.45) is 27.1 Å². The lowest BCUT2D eigenvalue weighted by atomic mass is 9.62. The molecule has 0 radical (unpaired) electrons. The van der Waals surface area contributed by atoms with Crippen molar-refractivity contribution in [3.05, 3.63) is 25.0 Å². The fourth-order valence-corrected chi connectivity index (χ4v) is 38.6. The van der Waals surface area contributed by atoms with Gasteiger partial charge in [-0.15, -0.1) is 0 Å². The first kappa shape index (κ1) is 84.0. The highest BCUT2D eigenvalue weighted by molar-refractivity contribution is 6.88. The zero-order chi connectivity index (χ0) is 69.6. The highest BCUT2D eigenvalue weighted by Crippen LogP contribution is 2.47. The van der Waals surface area contributed by atoms with Crippen LogP contribution in [0.1, 0.15) is 133 Å². The van der Waals surface area contributed by atoms with Crippen molar-refractivity contribution >= 4 is 80.7 Å². The zero-order valence-electron chi connectivity index (χ0n) is 61.1. The molecule has 21 nitrogen and oxygen atoms in total. The maximum atomic E-state index is 14.3. The van der Waals surface area contributed by atoms with Crippen LogP contribution in [-0.4, -0.2) is 171 Å². The number of alkyl carbamates (subject to hydrolysis) is 4. The van der Waals surface area contributed by atoms with Gasteiger partial charge in [0.05, 0.1) is 25.2 Å². The predicted octanol–water partition coefficient (Wildman–Crippen LogP) is 14.6. The van der Waals surface area contributed by atoms with Crippen LogP contribution >= 0.6 is 0 Å². The average Bonchev–Trinajstić information content (AvgIpc) is 0.882. The molecule has 0 aromatic carbocycles. The summed E-state index contributed by atoms with van der Waals surface area (Å²) in [5.41, 5.74) is -3.06. The molecule has 0 bridgehead atoms. The van der Waals surface area contributed by atoms with E-state index in [4.69, 9.17) is 54.4 Å². The smallest absolute Gasteiger partial charge is 0.407 e. The maximum Gasteiger partial charge on any atom is 0.407 e. The molecule has 4 N–H and O–H groups in total. The first-order valence-corrected chi connectivity index (χ1v) is 51.9. The van der Waals surface area contributed by atoms with Crippen LogP contribution in [0.3, 0.4) is 0 Å². The summed E-state index contributed by atoms with van der Waals surface area (Å²) in [5.74, 6) is 0.0457. The number of nitrogens with one attached hydrogen (secondary N) is 4. The molecule has 91 heavy (non-hydrogen) atoms. The minimum absolute atomic E-state index is 0.0183. The summed E-state index contributed by atoms with van der Waals surface area (Å²) in [7, 11) is -13.1. The molecule has 5 atom stereocenters. The summed E-state index contributed by atoms with van der Waals surface area (Å²) in [6.07, 6.45) is 6.16. The lowest BCUT2D eigenvalue weighted by Gasteiger charge is -2.46. The maximum absolute atomic E-state index is 14.3. The van der Waals surface area contributed by atoms with Gasteiger partial charge in [0.25, 0.3) is 0 Å². The molecule has 0 aliphatic heterocycles. The molecule has 0 spiro atoms. The molecule has 0 aromatic heterocycles. The largest absolute Gasteiger partial charge is 0.491 e. The van der Waals surface area contributed by atoms with Crippen LogP contribution in [0.2, 0.25) is 104 Å². The van der Waals surface area contributed by atoms with Crippen LogP contribution in [0.25, 0.3) is 0 Å². The molecule has 2 saturated carbocycles. The highest BCUT2D eigenvalue weighted by Gasteiger charge is 2.46. The van der Waals surface area contributed by atoms with Crippen molar-refractivity contribution in [2.45, 2.75) is 254 Å². The summed E-state index contributed by atoms with van der Waals surface area (Å²) >= 11 is 0. The summed E-state index contributed by atoms with van der Waals surface area (Å²) in [6.45, 7) is 57.1. The van der Waals surface area contributed by atoms with Gasteiger partial charge < -0.3 is 75.6 Å². The van der Waals surface area contributed by atoms with Gasteiger partial charge in [0, 0.05) is 45.3 Å². The molecule has 2 aliphatic carbocycles. The quantitative estimate of drug-likeness (QED) is 0.0111. The SMILES string of the molecule is C=CC(=C)OCCOC(=O)NC1CC(C)(C)CC(C)(CNC(=O)OCC(COCCC[Si](C)(O[Si](C)(C)C)O[Si](C)(C)C)(COCCC[Si](C)(O[Si](C)(C)C)O[Si](C)(C)C)COC(=O)NC2CC(C)(C)CC(C)(CNC(=O)OCCCC(C)(CC)OC(C)=O)C2)C1. The normalized spacial score (nSPS) is 21.3. The third-order valence-corrected chi connectivity index (χ3v) is 34.9. The van der Waals surface area contributed by atoms with E-state index in [9.17, 15) is 24.0 Å². The first-order chi connectivity index (χ1) is 41.4. The topological polar surface area (TPSA) is 244 Å². The average molecular weight is 1390 g/mol. The number of hydrogen-bond donors (Lipinski definition) is 4. The Morgan fingerprint density at radius 1 is 0.516 bits per heavy atom. The molecule has 5 unspecified atom stereocenters. The van der Waals surface area contributed by atoms with Crippen LogP contribution in [0, 0.1) is 27.1 Å². The number of rotatable bonds is 41. The van der Waals surface area contributed by atoms with Crippen molar-refractivity contribution in [1.82, 2.24) is 21.3 Å². The number of carbonyl (C=O) groups excluding carboxylic acids is 5. The number of ether oxygens (including phenoxy) is 8. The molecule has 0 heterocycles. The van der Waals surface area contributed by atoms with Crippen molar-refractivity contribution in [3.63, 3.8) is 0 Å². The van der Waals surface area contributed by atoms with Gasteiger partial charge in [-0.05, 0) is 209 Å². The Labute approximate surface area is 556 Å². The van der Waals surface area contributed by atoms with Gasteiger partial charge in [0.15, 0.2) is 33.3 Å². The Bertz CT molecular complexity index is 2240. The monoisotopic (exact) mass is 1390 g/mol. The molecule has 530 valence electrons. The van der Waals surface area contributed by atoms with Crippen LogP contribution in [0.5, 0.6) is 0 Å². The van der Waals surface area contributed by atoms with E-state index in [-0.39, 0.29) is 81.7 Å². The molecule has 27 heteroatoms. The predicted molar refractivity (Wildman–Crippen MR) is 376 cm³/mol. The lowest BCUT2D eigenvalue weighted by Crippen LogP contribution is -2.52. The molecule has 2 rings (SSSR count). The second-order valence-electron chi connectivity index (χ2n) is 32.9. The van der Waals surface area contributed by atoms with Crippen LogP contribution in [0.15, 0.2) is 25.0 Å². The zero-order valence-corrected chi connectivity index (χ0v) is 67.1. The van der Waals surface area contributed by atoms with Gasteiger partial charge in [-0.1, -0.05) is 61.6 Å². The first-order valence-electron chi connectivity index (χ1n) is 33.2. The molecule has 0 aromatic rings. The Balaban J connectivity index is 2.49. The number of carbonyl (C=O) groups is 5. The van der Waals surface area contributed by atoms with E-state index in [1.165, 1.54) is 13.0 Å². The molecule has 0 saturated heterocycles. The Morgan fingerprint density at radius 3 is 1.27 bits per heavy atom. The van der Waals surface area contributed by atoms with Crippen molar-refractivity contribution in [1.29, 1.82) is 0 Å². The van der Waals surface area contributed by atoms with Crippen LogP contribution in [-0.2, 0) is 59.2 Å². The number of hydrogen-bond acceptors (Lipinski definition) is 17. The minimum Gasteiger partial charge on any atom is -0.491 e. The fourth-order valence-electron chi connectivity index (χ4n) is 13.5. The van der Waals surface area contributed by atoms with E-state index in [2.05, 4.69) is 168 Å². The number of allylic oxidation sites excluding steroid dienone is 1. The summed E-state index contributed by atoms with van der Waals surface area (Å²) in [6, 6.07) is 0.891. The Morgan fingerprint density at radius 2 is 0.890 bits per heavy atom. The van der Waals surface area contributed by atoms with E-state index in [0.717, 1.165) is 12.8 Å². The Kier molecular flexibility index (Phi) is 33.0. The number of esters is 1. The highest BCUT2D eigenvalue weighted by atomic mass is 28.5. The van der Waals surface area contributed by atoms with Crippen LogP contribution < -0.4 is 21.3 Å². The van der Waals surface area contributed by atoms with Crippen LogP contribution in [0.4, 0.5) is 19.2 Å². The van der Waals surface area contributed by atoms with Gasteiger partial charge in [-0.3, -0.25) is 4.79 Å². The third-order valence-electron chi connectivity index (χ3n) is 15.7. The standard InChI is InChI=1S/C64H128N4O17Si6/c1-26-51(3)76-35-36-78-57(72)67-53-39-59(5,6)44-62(10,41-53)46-66-56(71)79-49-64(47-74-32-29-37-90(24,82-86(12,13)14)83-87(15,16)17,48-75-33-30-38-91(25,84-88(18,19)20)85-89(21,22)23)50-80-58(73)68-54-40-60(7,8)43-61(9,42-54)45-65-55(70)77-34-28-31-63(11,27-2)81-52(4)69/h26,53-54H,1,3,27-50H2,2,4-25H3,(H,65,70)(H,66,71)(H,67,72)(H,68,73). The molecule has 4 amide bonds. The van der Waals surface area contributed by atoms with Crippen molar-refractivity contribution in [3.8, 4) is 0 Å². The second-order valence-corrected chi connectivity index (χ2v) is 58.6. The van der Waals surface area contributed by atoms with E-state index in [1.54, 1.807) is 0 Å². The van der Waals surface area contributed by atoms with Gasteiger partial charge in [-0.25, -0.2) is 19.2 Å². The summed E-state index contributed by atoms with van der Waals surface area (Å²) in [4.78, 5) is 66.2. The number of amides is 4. The molecule has 2 fully saturated rings. The van der Waals surface area contributed by atoms with Gasteiger partial charge in [0.2, 0.25) is 0 Å². The van der Waals surface area contributed by atoms with Gasteiger partial charge >= 0.3 is 47.5 Å². The third kappa shape index (κ3) is 37.1. The van der Waals surface area contributed by atoms with Crippen molar-refractivity contribution in [2.75, 3.05) is 72.6 Å². The second kappa shape index (κ2) is 35.8. The molecule has 2 aliphatic rings. The van der Waals surface area contributed by atoms with Gasteiger partial charge in [0.1, 0.15) is 37.8 Å². The lowest BCUT2D eigenvalue weighted by molar-refractivity contribution is -0.156. The van der Waals surface area contributed by atoms with Gasteiger partial charge in [-0.2, -0.15) is 0 Å². The summed E-state index contributed by atoms with van der Waals surface area (Å²) in [5, 5.41) is 12.2. The molecular formula is C64H128N4O17Si6. The van der Waals surface area contributed by atoms with E-state index in [0.29, 0.717) is 95.4 Å². The van der Waals surface area contributed by atoms with Crippen molar-refractivity contribution < 1.29 is 78.3 Å². The Hall–Kier alpha value is -3.11.